The fourth-order valence-corrected chi connectivity index (χ4v) is 3.73. The molecule has 1 N–H and O–H groups in total. The van der Waals surface area contributed by atoms with Gasteiger partial charge >= 0.3 is 6.18 Å². The molecule has 1 aliphatic heterocycles. The fraction of sp³-hybridized carbons (Fsp3) is 0.409. The smallest absolute Gasteiger partial charge is 0.385 e. The Hall–Kier alpha value is -2.45. The molecule has 2 aromatic rings. The Balaban J connectivity index is 1.67. The summed E-state index contributed by atoms with van der Waals surface area (Å²) in [5, 5.41) is 3.08. The number of likely N-dealkylation sites (tertiary alicyclic amines) is 1. The van der Waals surface area contributed by atoms with Crippen LogP contribution in [0.5, 0.6) is 0 Å². The van der Waals surface area contributed by atoms with Crippen LogP contribution in [-0.4, -0.2) is 43.2 Å². The number of ether oxygens (including phenoxy) is 1. The lowest BCUT2D eigenvalue weighted by molar-refractivity contribution is -0.137. The summed E-state index contributed by atoms with van der Waals surface area (Å²) < 4.78 is 56.6. The molecule has 4 nitrogen and oxygen atoms in total. The summed E-state index contributed by atoms with van der Waals surface area (Å²) in [5.41, 5.74) is -0.0497. The molecule has 1 unspecified atom stereocenters. The molecule has 1 atom stereocenters. The van der Waals surface area contributed by atoms with Gasteiger partial charge < -0.3 is 10.1 Å². The minimum atomic E-state index is -4.36. The molecule has 2 aromatic carbocycles. The number of rotatable bonds is 7. The molecule has 1 heterocycles. The molecule has 1 saturated heterocycles. The molecule has 0 radical (unpaired) electrons. The van der Waals surface area contributed by atoms with Gasteiger partial charge in [0.15, 0.2) is 0 Å². The number of alkyl halides is 3. The van der Waals surface area contributed by atoms with Crippen molar-refractivity contribution >= 4 is 5.91 Å². The van der Waals surface area contributed by atoms with E-state index in [1.54, 1.807) is 7.11 Å². The van der Waals surface area contributed by atoms with Crippen LogP contribution < -0.4 is 5.32 Å². The van der Waals surface area contributed by atoms with Crippen molar-refractivity contribution in [3.8, 4) is 0 Å². The van der Waals surface area contributed by atoms with Crippen LogP contribution in [0.3, 0.4) is 0 Å². The van der Waals surface area contributed by atoms with Crippen molar-refractivity contribution in [2.75, 3.05) is 26.8 Å². The van der Waals surface area contributed by atoms with Crippen LogP contribution in [0.25, 0.3) is 0 Å². The first kappa shape index (κ1) is 22.2. The van der Waals surface area contributed by atoms with Crippen molar-refractivity contribution < 1.29 is 27.1 Å². The second-order valence-electron chi connectivity index (χ2n) is 7.64. The largest absolute Gasteiger partial charge is 0.416 e. The van der Waals surface area contributed by atoms with E-state index in [9.17, 15) is 22.4 Å². The number of carbonyl (C=O) groups excluding carboxylic acids is 1. The first-order chi connectivity index (χ1) is 14.2. The second-order valence-corrected chi connectivity index (χ2v) is 7.64. The van der Waals surface area contributed by atoms with E-state index in [1.165, 1.54) is 36.4 Å². The zero-order valence-electron chi connectivity index (χ0n) is 16.6. The highest BCUT2D eigenvalue weighted by atomic mass is 19.4. The third-order valence-corrected chi connectivity index (χ3v) is 5.39. The second kappa shape index (κ2) is 9.14. The molecule has 1 aliphatic rings. The highest BCUT2D eigenvalue weighted by Gasteiger charge is 2.39. The number of benzene rings is 2. The van der Waals surface area contributed by atoms with Gasteiger partial charge in [-0.1, -0.05) is 12.1 Å². The van der Waals surface area contributed by atoms with Crippen molar-refractivity contribution in [1.29, 1.82) is 0 Å². The van der Waals surface area contributed by atoms with E-state index in [0.29, 0.717) is 44.6 Å². The van der Waals surface area contributed by atoms with Gasteiger partial charge in [0.1, 0.15) is 5.82 Å². The monoisotopic (exact) mass is 424 g/mol. The Bertz CT molecular complexity index is 853. The highest BCUT2D eigenvalue weighted by Crippen LogP contribution is 2.30. The number of halogens is 4. The SMILES string of the molecule is COCCC1(NC(=O)c2ccc(F)cc2)CCN(Cc2ccc(C(F)(F)F)cc2)C1. The van der Waals surface area contributed by atoms with Crippen LogP contribution in [0.2, 0.25) is 0 Å². The fourth-order valence-electron chi connectivity index (χ4n) is 3.73. The summed E-state index contributed by atoms with van der Waals surface area (Å²) in [4.78, 5) is 14.8. The molecule has 0 aromatic heterocycles. The van der Waals surface area contributed by atoms with Gasteiger partial charge in [-0.25, -0.2) is 4.39 Å². The van der Waals surface area contributed by atoms with Gasteiger partial charge in [-0.05, 0) is 54.8 Å². The van der Waals surface area contributed by atoms with Crippen LogP contribution in [0.4, 0.5) is 17.6 Å². The molecule has 1 amide bonds. The van der Waals surface area contributed by atoms with Crippen molar-refractivity contribution in [3.63, 3.8) is 0 Å². The van der Waals surface area contributed by atoms with Crippen LogP contribution in [0.1, 0.15) is 34.3 Å². The van der Waals surface area contributed by atoms with Gasteiger partial charge in [-0.15, -0.1) is 0 Å². The minimum absolute atomic E-state index is 0.289. The Morgan fingerprint density at radius 1 is 1.13 bits per heavy atom. The average molecular weight is 424 g/mol. The summed E-state index contributed by atoms with van der Waals surface area (Å²) in [5.74, 6) is -0.702. The Morgan fingerprint density at radius 2 is 1.80 bits per heavy atom. The van der Waals surface area contributed by atoms with Gasteiger partial charge in [0.2, 0.25) is 0 Å². The zero-order chi connectivity index (χ0) is 21.8. The summed E-state index contributed by atoms with van der Waals surface area (Å²) >= 11 is 0. The van der Waals surface area contributed by atoms with E-state index in [1.807, 2.05) is 0 Å². The Kier molecular flexibility index (Phi) is 6.77. The number of amides is 1. The molecule has 1 fully saturated rings. The molecular weight excluding hydrogens is 400 g/mol. The summed E-state index contributed by atoms with van der Waals surface area (Å²) in [6.07, 6.45) is -3.07. The lowest BCUT2D eigenvalue weighted by Crippen LogP contribution is -2.51. The van der Waals surface area contributed by atoms with Gasteiger partial charge in [0.05, 0.1) is 11.1 Å². The maximum atomic E-state index is 13.1. The molecule has 0 saturated carbocycles. The lowest BCUT2D eigenvalue weighted by Gasteiger charge is -2.31. The van der Waals surface area contributed by atoms with Gasteiger partial charge in [-0.3, -0.25) is 9.69 Å². The number of carbonyl (C=O) groups is 1. The van der Waals surface area contributed by atoms with Crippen molar-refractivity contribution in [1.82, 2.24) is 10.2 Å². The number of nitrogens with zero attached hydrogens (tertiary/aromatic N) is 1. The first-order valence-corrected chi connectivity index (χ1v) is 9.66. The van der Waals surface area contributed by atoms with Crippen LogP contribution in [-0.2, 0) is 17.5 Å². The van der Waals surface area contributed by atoms with Crippen molar-refractivity contribution in [2.24, 2.45) is 0 Å². The lowest BCUT2D eigenvalue weighted by atomic mass is 9.93. The number of hydrogen-bond acceptors (Lipinski definition) is 3. The molecule has 3 rings (SSSR count). The standard InChI is InChI=1S/C22H24F4N2O2/c1-30-13-11-21(27-20(29)17-4-8-19(23)9-5-17)10-12-28(15-21)14-16-2-6-18(7-3-16)22(24,25)26/h2-9H,10-15H2,1H3,(H,27,29). The first-order valence-electron chi connectivity index (χ1n) is 9.66. The molecule has 8 heteroatoms. The zero-order valence-corrected chi connectivity index (χ0v) is 16.6. The number of nitrogens with one attached hydrogen (secondary N) is 1. The quantitative estimate of drug-likeness (QED) is 0.676. The molecular formula is C22H24F4N2O2. The van der Waals surface area contributed by atoms with E-state index in [0.717, 1.165) is 17.7 Å². The maximum Gasteiger partial charge on any atom is 0.416 e. The third-order valence-electron chi connectivity index (χ3n) is 5.39. The highest BCUT2D eigenvalue weighted by molar-refractivity contribution is 5.94. The Morgan fingerprint density at radius 3 is 2.40 bits per heavy atom. The molecule has 162 valence electrons. The maximum absolute atomic E-state index is 13.1. The molecule has 0 bridgehead atoms. The van der Waals surface area contributed by atoms with E-state index in [2.05, 4.69) is 10.2 Å². The minimum Gasteiger partial charge on any atom is -0.385 e. The molecule has 0 spiro atoms. The third kappa shape index (κ3) is 5.58. The predicted octanol–water partition coefficient (Wildman–Crippen LogP) is 4.26. The van der Waals surface area contributed by atoms with Gasteiger partial charge in [0, 0.05) is 38.9 Å². The van der Waals surface area contributed by atoms with Gasteiger partial charge in [-0.2, -0.15) is 13.2 Å². The normalized spacial score (nSPS) is 19.8. The molecule has 30 heavy (non-hydrogen) atoms. The summed E-state index contributed by atoms with van der Waals surface area (Å²) in [6.45, 7) is 2.18. The average Bonchev–Trinajstić information content (AvgIpc) is 3.09. The number of methoxy groups -OCH3 is 1. The van der Waals surface area contributed by atoms with Crippen LogP contribution >= 0.6 is 0 Å². The summed E-state index contributed by atoms with van der Waals surface area (Å²) in [6, 6.07) is 10.5. The van der Waals surface area contributed by atoms with E-state index < -0.39 is 23.1 Å². The van der Waals surface area contributed by atoms with Crippen LogP contribution in [0, 0.1) is 5.82 Å². The van der Waals surface area contributed by atoms with Crippen LogP contribution in [0.15, 0.2) is 48.5 Å². The van der Waals surface area contributed by atoms with E-state index in [4.69, 9.17) is 4.74 Å². The van der Waals surface area contributed by atoms with Gasteiger partial charge in [0.25, 0.3) is 5.91 Å². The van der Waals surface area contributed by atoms with E-state index in [-0.39, 0.29) is 5.91 Å². The molecule has 0 aliphatic carbocycles. The van der Waals surface area contributed by atoms with Crippen molar-refractivity contribution in [2.45, 2.75) is 31.1 Å². The van der Waals surface area contributed by atoms with Crippen molar-refractivity contribution in [3.05, 3.63) is 71.0 Å². The summed E-state index contributed by atoms with van der Waals surface area (Å²) in [7, 11) is 1.59. The topological polar surface area (TPSA) is 41.6 Å². The Labute approximate surface area is 172 Å². The van der Waals surface area contributed by atoms with E-state index >= 15 is 0 Å². The predicted molar refractivity (Wildman–Crippen MR) is 104 cm³/mol. The number of hydrogen-bond donors (Lipinski definition) is 1.